The number of aryl methyl sites for hydroxylation is 1. The van der Waals surface area contributed by atoms with Crippen molar-refractivity contribution in [2.45, 2.75) is 51.5 Å². The molecule has 3 heterocycles. The van der Waals surface area contributed by atoms with Crippen LogP contribution in [0.1, 0.15) is 50.8 Å². The Morgan fingerprint density at radius 2 is 2.14 bits per heavy atom. The fraction of sp³-hybridized carbons (Fsp3) is 0.571. The van der Waals surface area contributed by atoms with E-state index in [1.54, 1.807) is 4.40 Å². The van der Waals surface area contributed by atoms with Gasteiger partial charge in [-0.1, -0.05) is 19.8 Å². The van der Waals surface area contributed by atoms with Gasteiger partial charge >= 0.3 is 0 Å². The maximum absolute atomic E-state index is 12.8. The first kappa shape index (κ1) is 13.9. The van der Waals surface area contributed by atoms with Gasteiger partial charge in [0.05, 0.1) is 0 Å². The first-order chi connectivity index (χ1) is 10.7. The number of hydrogen-bond donors (Lipinski definition) is 1. The van der Waals surface area contributed by atoms with E-state index in [9.17, 15) is 4.79 Å². The molecule has 1 fully saturated rings. The molecule has 7 nitrogen and oxygen atoms in total. The summed E-state index contributed by atoms with van der Waals surface area (Å²) in [7, 11) is 0. The highest BCUT2D eigenvalue weighted by Crippen LogP contribution is 2.38. The normalized spacial score (nSPS) is 15.2. The Kier molecular flexibility index (Phi) is 3.28. The molecule has 8 heteroatoms. The van der Waals surface area contributed by atoms with Crippen LogP contribution in [0.5, 0.6) is 0 Å². The summed E-state index contributed by atoms with van der Waals surface area (Å²) in [4.78, 5) is 20.2. The number of aromatic amines is 1. The lowest BCUT2D eigenvalue weighted by Gasteiger charge is -2.09. The zero-order valence-corrected chi connectivity index (χ0v) is 13.9. The van der Waals surface area contributed by atoms with Crippen molar-refractivity contribution < 1.29 is 0 Å². The summed E-state index contributed by atoms with van der Waals surface area (Å²) in [5.41, 5.74) is 1.05. The van der Waals surface area contributed by atoms with Crippen molar-refractivity contribution in [1.82, 2.24) is 29.1 Å². The summed E-state index contributed by atoms with van der Waals surface area (Å²) < 4.78 is 4.24. The first-order valence-corrected chi connectivity index (χ1v) is 8.53. The molecule has 1 aliphatic carbocycles. The predicted molar refractivity (Wildman–Crippen MR) is 86.1 cm³/mol. The second-order valence-electron chi connectivity index (χ2n) is 5.86. The third-order valence-corrected chi connectivity index (χ3v) is 4.54. The molecule has 0 bridgehead atoms. The van der Waals surface area contributed by atoms with Crippen LogP contribution in [0.2, 0.25) is 0 Å². The van der Waals surface area contributed by atoms with Crippen molar-refractivity contribution in [3.63, 3.8) is 0 Å². The number of aromatic nitrogens is 6. The van der Waals surface area contributed by atoms with Crippen LogP contribution in [0.15, 0.2) is 9.53 Å². The summed E-state index contributed by atoms with van der Waals surface area (Å²) in [6.45, 7) is 2.96. The highest BCUT2D eigenvalue weighted by molar-refractivity contribution is 9.10. The molecule has 1 N–H and O–H groups in total. The first-order valence-electron chi connectivity index (χ1n) is 7.73. The second-order valence-corrected chi connectivity index (χ2v) is 6.61. The third kappa shape index (κ3) is 2.08. The van der Waals surface area contributed by atoms with Gasteiger partial charge in [0.2, 0.25) is 5.78 Å². The highest BCUT2D eigenvalue weighted by atomic mass is 79.9. The number of unbranched alkanes of at least 4 members (excludes halogenated alkanes) is 2. The van der Waals surface area contributed by atoms with Gasteiger partial charge < -0.3 is 4.98 Å². The highest BCUT2D eigenvalue weighted by Gasteiger charge is 2.31. The van der Waals surface area contributed by atoms with Gasteiger partial charge in [-0.05, 0) is 35.2 Å². The molecule has 0 radical (unpaired) electrons. The Hall–Kier alpha value is -1.70. The van der Waals surface area contributed by atoms with Crippen LogP contribution in [0.25, 0.3) is 16.9 Å². The van der Waals surface area contributed by atoms with E-state index >= 15 is 0 Å². The zero-order chi connectivity index (χ0) is 15.3. The van der Waals surface area contributed by atoms with E-state index in [1.165, 1.54) is 0 Å². The van der Waals surface area contributed by atoms with E-state index in [1.807, 2.05) is 4.57 Å². The van der Waals surface area contributed by atoms with Gasteiger partial charge in [0.15, 0.2) is 15.9 Å². The maximum atomic E-state index is 12.8. The fourth-order valence-electron chi connectivity index (χ4n) is 2.88. The molecule has 1 saturated carbocycles. The molecule has 4 rings (SSSR count). The minimum Gasteiger partial charge on any atom is -0.327 e. The monoisotopic (exact) mass is 364 g/mol. The summed E-state index contributed by atoms with van der Waals surface area (Å²) in [6, 6.07) is 0. The number of hydrogen-bond acceptors (Lipinski definition) is 4. The van der Waals surface area contributed by atoms with Crippen LogP contribution in [-0.4, -0.2) is 29.1 Å². The molecule has 0 amide bonds. The van der Waals surface area contributed by atoms with Crippen LogP contribution in [0, 0.1) is 0 Å². The molecule has 3 aromatic rings. The van der Waals surface area contributed by atoms with E-state index in [-0.39, 0.29) is 5.56 Å². The van der Waals surface area contributed by atoms with E-state index < -0.39 is 0 Å². The van der Waals surface area contributed by atoms with E-state index in [0.29, 0.717) is 27.6 Å². The lowest BCUT2D eigenvalue weighted by molar-refractivity contribution is 0.612. The Bertz CT molecular complexity index is 903. The van der Waals surface area contributed by atoms with Crippen molar-refractivity contribution in [2.24, 2.45) is 0 Å². The average molecular weight is 365 g/mol. The number of fused-ring (bicyclic) bond motifs is 2. The summed E-state index contributed by atoms with van der Waals surface area (Å²) >= 11 is 3.33. The number of nitrogens with one attached hydrogen (secondary N) is 1. The minimum atomic E-state index is -0.109. The molecular weight excluding hydrogens is 348 g/mol. The molecule has 0 atom stereocenters. The average Bonchev–Trinajstić information content (AvgIpc) is 3.12. The van der Waals surface area contributed by atoms with Crippen molar-refractivity contribution in [3.8, 4) is 0 Å². The molecular formula is C14H17BrN6O. The lowest BCUT2D eigenvalue weighted by Crippen LogP contribution is -2.21. The molecule has 0 aliphatic heterocycles. The van der Waals surface area contributed by atoms with E-state index in [4.69, 9.17) is 0 Å². The summed E-state index contributed by atoms with van der Waals surface area (Å²) in [6.07, 6.45) is 5.47. The molecule has 1 aliphatic rings. The third-order valence-electron chi connectivity index (χ3n) is 4.17. The molecule has 0 unspecified atom stereocenters. The molecule has 22 heavy (non-hydrogen) atoms. The van der Waals surface area contributed by atoms with Gasteiger partial charge in [0.1, 0.15) is 5.82 Å². The van der Waals surface area contributed by atoms with Crippen molar-refractivity contribution in [3.05, 3.63) is 20.9 Å². The number of rotatable bonds is 5. The Morgan fingerprint density at radius 1 is 1.32 bits per heavy atom. The van der Waals surface area contributed by atoms with Gasteiger partial charge in [-0.25, -0.2) is 9.38 Å². The molecule has 0 aromatic carbocycles. The number of H-pyrrole nitrogens is 1. The van der Waals surface area contributed by atoms with Crippen molar-refractivity contribution in [2.75, 3.05) is 0 Å². The molecule has 3 aromatic heterocycles. The van der Waals surface area contributed by atoms with Gasteiger partial charge in [-0.2, -0.15) is 0 Å². The molecule has 116 valence electrons. The van der Waals surface area contributed by atoms with Gasteiger partial charge in [-0.15, -0.1) is 10.2 Å². The van der Waals surface area contributed by atoms with Gasteiger partial charge in [0.25, 0.3) is 5.56 Å². The summed E-state index contributed by atoms with van der Waals surface area (Å²) in [5.74, 6) is 1.77. The smallest absolute Gasteiger partial charge is 0.286 e. The number of halogens is 1. The summed E-state index contributed by atoms with van der Waals surface area (Å²) in [5, 5.41) is 8.56. The van der Waals surface area contributed by atoms with Crippen molar-refractivity contribution in [1.29, 1.82) is 0 Å². The van der Waals surface area contributed by atoms with Gasteiger partial charge in [-0.3, -0.25) is 9.36 Å². The topological polar surface area (TPSA) is 80.9 Å². The van der Waals surface area contributed by atoms with Crippen LogP contribution in [0.3, 0.4) is 0 Å². The number of nitrogens with zero attached hydrogens (tertiary/aromatic N) is 5. The van der Waals surface area contributed by atoms with Crippen LogP contribution >= 0.6 is 15.9 Å². The standard InChI is InChI=1S/C14H17BrN6O/c1-2-3-4-7-20-11-9(16-13(15)17-11)12(22)21-10(8-5-6-8)18-19-14(20)21/h8H,2-7H2,1H3,(H,16,17). The van der Waals surface area contributed by atoms with Gasteiger partial charge in [0, 0.05) is 12.5 Å². The lowest BCUT2D eigenvalue weighted by atomic mass is 10.2. The Labute approximate surface area is 134 Å². The zero-order valence-electron chi connectivity index (χ0n) is 12.3. The maximum Gasteiger partial charge on any atom is 0.286 e. The SMILES string of the molecule is CCCCCn1c2nc(Br)[nH]c2c(=O)n2c(C3CC3)nnc12. The second kappa shape index (κ2) is 5.19. The fourth-order valence-corrected chi connectivity index (χ4v) is 3.24. The predicted octanol–water partition coefficient (Wildman–Crippen LogP) is 2.60. The molecule has 0 saturated heterocycles. The largest absolute Gasteiger partial charge is 0.327 e. The van der Waals surface area contributed by atoms with Crippen LogP contribution < -0.4 is 5.56 Å². The molecule has 0 spiro atoms. The quantitative estimate of drug-likeness (QED) is 0.557. The minimum absolute atomic E-state index is 0.109. The van der Waals surface area contributed by atoms with E-state index in [0.717, 1.165) is 44.5 Å². The number of imidazole rings is 1. The van der Waals surface area contributed by atoms with Crippen LogP contribution in [0.4, 0.5) is 0 Å². The van der Waals surface area contributed by atoms with E-state index in [2.05, 4.69) is 43.0 Å². The van der Waals surface area contributed by atoms with Crippen LogP contribution in [-0.2, 0) is 6.54 Å². The Morgan fingerprint density at radius 3 is 2.86 bits per heavy atom. The van der Waals surface area contributed by atoms with Crippen molar-refractivity contribution >= 4 is 32.9 Å². The Balaban J connectivity index is 1.99.